The lowest BCUT2D eigenvalue weighted by molar-refractivity contribution is -0.0453. The summed E-state index contributed by atoms with van der Waals surface area (Å²) in [6, 6.07) is 4.23. The number of phenolic OH excluding ortho intramolecular Hbond substituents is 1. The molecule has 25 heavy (non-hydrogen) atoms. The molecule has 4 N–H and O–H groups in total. The van der Waals surface area contributed by atoms with Gasteiger partial charge in [-0.05, 0) is 38.1 Å². The fourth-order valence-electron chi connectivity index (χ4n) is 5.24. The van der Waals surface area contributed by atoms with Crippen LogP contribution in [0.25, 0.3) is 0 Å². The Morgan fingerprint density at radius 2 is 2.00 bits per heavy atom. The normalized spacial score (nSPS) is 36.5. The van der Waals surface area contributed by atoms with Crippen LogP contribution in [0, 0.1) is 5.92 Å². The van der Waals surface area contributed by atoms with Gasteiger partial charge in [-0.1, -0.05) is 18.2 Å². The van der Waals surface area contributed by atoms with E-state index >= 15 is 0 Å². The zero-order valence-corrected chi connectivity index (χ0v) is 14.9. The number of methoxy groups -OCH3 is 1. The first-order valence-electron chi connectivity index (χ1n) is 8.53. The number of piperidine rings is 1. The highest BCUT2D eigenvalue weighted by Crippen LogP contribution is 2.62. The van der Waals surface area contributed by atoms with Crippen molar-refractivity contribution in [3.8, 4) is 11.5 Å². The van der Waals surface area contributed by atoms with E-state index in [4.69, 9.17) is 4.74 Å². The number of aliphatic hydroxyl groups excluding tert-OH is 1. The molecule has 0 radical (unpaired) electrons. The third kappa shape index (κ3) is 2.25. The van der Waals surface area contributed by atoms with Gasteiger partial charge in [0.25, 0.3) is 0 Å². The Hall–Kier alpha value is -1.60. The summed E-state index contributed by atoms with van der Waals surface area (Å²) in [5.74, 6) is 1.19. The van der Waals surface area contributed by atoms with Crippen molar-refractivity contribution in [2.75, 3.05) is 27.8 Å². The van der Waals surface area contributed by atoms with E-state index in [1.807, 2.05) is 12.1 Å². The summed E-state index contributed by atoms with van der Waals surface area (Å²) in [4.78, 5) is 2.43. The van der Waals surface area contributed by atoms with Gasteiger partial charge in [-0.15, -0.1) is 0 Å². The largest absolute Gasteiger partial charge is 0.504 e. The molecule has 2 aliphatic carbocycles. The minimum absolute atomic E-state index is 0. The summed E-state index contributed by atoms with van der Waals surface area (Å²) in [6.07, 6.45) is 5.18. The lowest BCUT2D eigenvalue weighted by Crippen LogP contribution is -2.64. The van der Waals surface area contributed by atoms with Gasteiger partial charge in [-0.2, -0.15) is 0 Å². The van der Waals surface area contributed by atoms with E-state index in [1.54, 1.807) is 20.3 Å². The molecule has 0 saturated carbocycles. The molecule has 1 saturated heterocycles. The van der Waals surface area contributed by atoms with E-state index in [1.165, 1.54) is 11.1 Å². The van der Waals surface area contributed by atoms with Gasteiger partial charge in [0.1, 0.15) is 12.2 Å². The number of likely N-dealkylation sites (N-methyl/N-ethyl adjacent to an activating group) is 1. The smallest absolute Gasteiger partial charge is 0.165 e. The Kier molecular flexibility index (Phi) is 4.58. The van der Waals surface area contributed by atoms with Gasteiger partial charge >= 0.3 is 0 Å². The van der Waals surface area contributed by atoms with E-state index in [9.17, 15) is 10.2 Å². The van der Waals surface area contributed by atoms with E-state index in [0.29, 0.717) is 17.7 Å². The van der Waals surface area contributed by atoms with Crippen molar-refractivity contribution in [1.82, 2.24) is 4.90 Å². The topological polar surface area (TPSA) is 93.7 Å². The van der Waals surface area contributed by atoms with Crippen LogP contribution in [0.5, 0.6) is 11.5 Å². The summed E-state index contributed by atoms with van der Waals surface area (Å²) in [6.45, 7) is 1.01. The van der Waals surface area contributed by atoms with Crippen LogP contribution in [0.2, 0.25) is 0 Å². The van der Waals surface area contributed by atoms with Gasteiger partial charge in [-0.25, -0.2) is 0 Å². The maximum atomic E-state index is 10.4. The number of rotatable bonds is 0. The van der Waals surface area contributed by atoms with E-state index in [-0.39, 0.29) is 22.7 Å². The molecule has 0 amide bonds. The molecule has 2 bridgehead atoms. The molecule has 0 aromatic heterocycles. The minimum atomic E-state index is -0.594. The summed E-state index contributed by atoms with van der Waals surface area (Å²) in [5.41, 5.74) is 2.29. The maximum Gasteiger partial charge on any atom is 0.165 e. The summed E-state index contributed by atoms with van der Waals surface area (Å²) >= 11 is 0. The predicted octanol–water partition coefficient (Wildman–Crippen LogP) is 0.636. The Morgan fingerprint density at radius 1 is 1.28 bits per heavy atom. The molecule has 2 heterocycles. The monoisotopic (exact) mass is 349 g/mol. The molecule has 2 aliphatic heterocycles. The molecule has 1 aromatic rings. The summed E-state index contributed by atoms with van der Waals surface area (Å²) in [7, 11) is 5.44. The average Bonchev–Trinajstić information content (AvgIpc) is 2.91. The van der Waals surface area contributed by atoms with Crippen LogP contribution in [-0.2, 0) is 16.6 Å². The minimum Gasteiger partial charge on any atom is -0.504 e. The van der Waals surface area contributed by atoms with Crippen LogP contribution in [-0.4, -0.2) is 66.7 Å². The molecule has 0 unspecified atom stereocenters. The molecule has 1 spiro atoms. The third-order valence-corrected chi connectivity index (χ3v) is 6.15. The first kappa shape index (κ1) is 18.2. The van der Waals surface area contributed by atoms with Crippen molar-refractivity contribution < 1.29 is 25.2 Å². The van der Waals surface area contributed by atoms with Crippen LogP contribution in [0.4, 0.5) is 0 Å². The SMILES string of the molecule is CN1CC[C@]23c4c5ccc(O)c4O[C@H]2[C@@H](O)C=C[C@H]3[C@H]1C5.COC.O. The average molecular weight is 349 g/mol. The number of benzene rings is 1. The number of ether oxygens (including phenoxy) is 2. The molecule has 5 rings (SSSR count). The van der Waals surface area contributed by atoms with Gasteiger partial charge in [0.05, 0.1) is 0 Å². The number of hydrogen-bond acceptors (Lipinski definition) is 5. The second-order valence-electron chi connectivity index (χ2n) is 7.34. The van der Waals surface area contributed by atoms with Crippen molar-refractivity contribution in [2.24, 2.45) is 5.92 Å². The highest BCUT2D eigenvalue weighted by atomic mass is 16.5. The lowest BCUT2D eigenvalue weighted by Gasteiger charge is -2.56. The molecule has 6 nitrogen and oxygen atoms in total. The Bertz CT molecular complexity index is 691. The van der Waals surface area contributed by atoms with Gasteiger partial charge in [0.15, 0.2) is 11.5 Å². The third-order valence-electron chi connectivity index (χ3n) is 6.15. The highest BCUT2D eigenvalue weighted by Gasteiger charge is 2.64. The molecule has 1 aromatic carbocycles. The molecule has 4 aliphatic rings. The Balaban J connectivity index is 0.000000428. The number of aliphatic hydroxyl groups is 1. The molecule has 5 atom stereocenters. The maximum absolute atomic E-state index is 10.4. The highest BCUT2D eigenvalue weighted by molar-refractivity contribution is 5.61. The van der Waals surface area contributed by atoms with Crippen molar-refractivity contribution in [1.29, 1.82) is 0 Å². The molecular weight excluding hydrogens is 322 g/mol. The second kappa shape index (κ2) is 6.29. The zero-order valence-electron chi connectivity index (χ0n) is 14.9. The van der Waals surface area contributed by atoms with Crippen LogP contribution < -0.4 is 4.74 Å². The fourth-order valence-corrected chi connectivity index (χ4v) is 5.24. The molecule has 138 valence electrons. The number of aromatic hydroxyl groups is 1. The van der Waals surface area contributed by atoms with E-state index in [2.05, 4.69) is 22.8 Å². The van der Waals surface area contributed by atoms with Gasteiger partial charge in [-0.3, -0.25) is 0 Å². The number of hydrogen-bond donors (Lipinski definition) is 2. The van der Waals surface area contributed by atoms with E-state index in [0.717, 1.165) is 19.4 Å². The summed E-state index contributed by atoms with van der Waals surface area (Å²) in [5, 5.41) is 20.6. The van der Waals surface area contributed by atoms with E-state index < -0.39 is 6.10 Å². The van der Waals surface area contributed by atoms with Crippen molar-refractivity contribution in [3.05, 3.63) is 35.4 Å². The number of likely N-dealkylation sites (tertiary alicyclic amines) is 1. The van der Waals surface area contributed by atoms with Crippen molar-refractivity contribution in [3.63, 3.8) is 0 Å². The van der Waals surface area contributed by atoms with Crippen molar-refractivity contribution in [2.45, 2.75) is 36.5 Å². The van der Waals surface area contributed by atoms with Crippen LogP contribution in [0.15, 0.2) is 24.3 Å². The standard InChI is InChI=1S/C17H19NO3.C2H6O.H2O/c1-18-7-6-17-10-3-5-13(20)16(17)21-15-12(19)4-2-9(14(15)17)8-11(10)18;1-3-2;/h2-5,10-11,13,16,19-20H,6-8H2,1H3;1-2H3;1H2/t10-,11+,13-,16-,17-;;/m0../s1. The zero-order chi connectivity index (χ0) is 17.1. The molecule has 1 fully saturated rings. The predicted molar refractivity (Wildman–Crippen MR) is 94.1 cm³/mol. The lowest BCUT2D eigenvalue weighted by atomic mass is 9.53. The first-order valence-corrected chi connectivity index (χ1v) is 8.53. The Morgan fingerprint density at radius 3 is 2.72 bits per heavy atom. The first-order chi connectivity index (χ1) is 11.5. The van der Waals surface area contributed by atoms with Gasteiger partial charge < -0.3 is 30.1 Å². The number of nitrogens with zero attached hydrogens (tertiary/aromatic N) is 1. The fraction of sp³-hybridized carbons (Fsp3) is 0.579. The van der Waals surface area contributed by atoms with Crippen LogP contribution in [0.3, 0.4) is 0 Å². The molecule has 6 heteroatoms. The number of phenols is 1. The van der Waals surface area contributed by atoms with Gasteiger partial charge in [0, 0.05) is 37.2 Å². The van der Waals surface area contributed by atoms with Crippen LogP contribution in [0.1, 0.15) is 17.5 Å². The molecular formula is C19H27NO5. The Labute approximate surface area is 148 Å². The van der Waals surface area contributed by atoms with Crippen molar-refractivity contribution >= 4 is 0 Å². The quantitative estimate of drug-likeness (QED) is 0.670. The van der Waals surface area contributed by atoms with Gasteiger partial charge in [0.2, 0.25) is 0 Å². The van der Waals surface area contributed by atoms with Crippen LogP contribution >= 0.6 is 0 Å². The summed E-state index contributed by atoms with van der Waals surface area (Å²) < 4.78 is 10.3. The second-order valence-corrected chi connectivity index (χ2v) is 7.34.